The van der Waals surface area contributed by atoms with E-state index in [0.29, 0.717) is 12.5 Å². The highest BCUT2D eigenvalue weighted by Gasteiger charge is 2.16. The molecule has 0 saturated heterocycles. The summed E-state index contributed by atoms with van der Waals surface area (Å²) >= 11 is 0. The SMILES string of the molecule is COCCC(C)C(COC(C)C)NN. The van der Waals surface area contributed by atoms with Crippen LogP contribution in [-0.4, -0.2) is 32.5 Å². The van der Waals surface area contributed by atoms with Crippen LogP contribution in [0.2, 0.25) is 0 Å². The van der Waals surface area contributed by atoms with Crippen molar-refractivity contribution < 1.29 is 9.47 Å². The predicted octanol–water partition coefficient (Wildman–Crippen LogP) is 0.916. The molecule has 3 N–H and O–H groups in total. The molecule has 2 atom stereocenters. The van der Waals surface area contributed by atoms with Crippen LogP contribution >= 0.6 is 0 Å². The summed E-state index contributed by atoms with van der Waals surface area (Å²) in [5, 5.41) is 0. The summed E-state index contributed by atoms with van der Waals surface area (Å²) in [7, 11) is 1.71. The molecular formula is C10H24N2O2. The molecule has 0 rings (SSSR count). The van der Waals surface area contributed by atoms with Crippen molar-refractivity contribution in [2.24, 2.45) is 11.8 Å². The topological polar surface area (TPSA) is 56.5 Å². The Morgan fingerprint density at radius 3 is 2.36 bits per heavy atom. The lowest BCUT2D eigenvalue weighted by molar-refractivity contribution is 0.0455. The van der Waals surface area contributed by atoms with Crippen molar-refractivity contribution >= 4 is 0 Å². The summed E-state index contributed by atoms with van der Waals surface area (Å²) in [6, 6.07) is 0.201. The number of nitrogens with one attached hydrogen (secondary N) is 1. The third-order valence-corrected chi connectivity index (χ3v) is 2.29. The Bertz CT molecular complexity index is 131. The third-order valence-electron chi connectivity index (χ3n) is 2.29. The Kier molecular flexibility index (Phi) is 8.08. The molecule has 0 aliphatic rings. The quantitative estimate of drug-likeness (QED) is 0.456. The van der Waals surface area contributed by atoms with E-state index in [9.17, 15) is 0 Å². The van der Waals surface area contributed by atoms with Crippen LogP contribution in [0.25, 0.3) is 0 Å². The van der Waals surface area contributed by atoms with Gasteiger partial charge < -0.3 is 9.47 Å². The first-order valence-electron chi connectivity index (χ1n) is 5.18. The Morgan fingerprint density at radius 2 is 1.93 bits per heavy atom. The van der Waals surface area contributed by atoms with E-state index in [1.807, 2.05) is 13.8 Å². The summed E-state index contributed by atoms with van der Waals surface area (Å²) in [5.41, 5.74) is 2.79. The molecule has 0 aromatic heterocycles. The lowest BCUT2D eigenvalue weighted by atomic mass is 10.00. The second-order valence-corrected chi connectivity index (χ2v) is 3.91. The second-order valence-electron chi connectivity index (χ2n) is 3.91. The molecule has 86 valence electrons. The van der Waals surface area contributed by atoms with Crippen LogP contribution in [0, 0.1) is 5.92 Å². The fraction of sp³-hybridized carbons (Fsp3) is 1.00. The molecule has 14 heavy (non-hydrogen) atoms. The maximum absolute atomic E-state index is 5.51. The number of methoxy groups -OCH3 is 1. The zero-order chi connectivity index (χ0) is 11.0. The van der Waals surface area contributed by atoms with Crippen LogP contribution in [0.15, 0.2) is 0 Å². The Morgan fingerprint density at radius 1 is 1.29 bits per heavy atom. The minimum atomic E-state index is 0.201. The van der Waals surface area contributed by atoms with Crippen molar-refractivity contribution in [1.29, 1.82) is 0 Å². The van der Waals surface area contributed by atoms with Gasteiger partial charge in [0.1, 0.15) is 0 Å². The average Bonchev–Trinajstić information content (AvgIpc) is 2.15. The van der Waals surface area contributed by atoms with Gasteiger partial charge in [-0.05, 0) is 26.2 Å². The molecule has 0 bridgehead atoms. The molecule has 0 amide bonds. The van der Waals surface area contributed by atoms with Crippen LogP contribution in [-0.2, 0) is 9.47 Å². The van der Waals surface area contributed by atoms with Gasteiger partial charge >= 0.3 is 0 Å². The van der Waals surface area contributed by atoms with Gasteiger partial charge in [-0.1, -0.05) is 6.92 Å². The number of hydrogen-bond acceptors (Lipinski definition) is 4. The van der Waals surface area contributed by atoms with Crippen LogP contribution in [0.1, 0.15) is 27.2 Å². The van der Waals surface area contributed by atoms with Crippen LogP contribution in [0.4, 0.5) is 0 Å². The van der Waals surface area contributed by atoms with Crippen molar-refractivity contribution in [3.63, 3.8) is 0 Å². The molecule has 0 aliphatic heterocycles. The molecule has 0 saturated carbocycles. The Hall–Kier alpha value is -0.160. The molecule has 0 radical (unpaired) electrons. The van der Waals surface area contributed by atoms with Crippen LogP contribution in [0.5, 0.6) is 0 Å². The molecule has 4 heteroatoms. The summed E-state index contributed by atoms with van der Waals surface area (Å²) in [6.45, 7) is 7.61. The smallest absolute Gasteiger partial charge is 0.0639 e. The lowest BCUT2D eigenvalue weighted by Gasteiger charge is -2.23. The number of hydrogen-bond donors (Lipinski definition) is 2. The van der Waals surface area contributed by atoms with Gasteiger partial charge in [0.15, 0.2) is 0 Å². The van der Waals surface area contributed by atoms with Crippen molar-refractivity contribution in [2.45, 2.75) is 39.3 Å². The van der Waals surface area contributed by atoms with E-state index in [1.54, 1.807) is 7.11 Å². The van der Waals surface area contributed by atoms with Crippen molar-refractivity contribution in [3.8, 4) is 0 Å². The Labute approximate surface area is 87.1 Å². The van der Waals surface area contributed by atoms with Gasteiger partial charge in [-0.2, -0.15) is 0 Å². The van der Waals surface area contributed by atoms with E-state index >= 15 is 0 Å². The van der Waals surface area contributed by atoms with E-state index in [-0.39, 0.29) is 12.1 Å². The molecule has 2 unspecified atom stereocenters. The van der Waals surface area contributed by atoms with Crippen LogP contribution < -0.4 is 11.3 Å². The molecule has 0 spiro atoms. The van der Waals surface area contributed by atoms with Gasteiger partial charge in [0.05, 0.1) is 12.7 Å². The van der Waals surface area contributed by atoms with Crippen molar-refractivity contribution in [2.75, 3.05) is 20.3 Å². The summed E-state index contributed by atoms with van der Waals surface area (Å²) in [6.07, 6.45) is 1.24. The van der Waals surface area contributed by atoms with Crippen molar-refractivity contribution in [3.05, 3.63) is 0 Å². The lowest BCUT2D eigenvalue weighted by Crippen LogP contribution is -2.44. The maximum Gasteiger partial charge on any atom is 0.0639 e. The first kappa shape index (κ1) is 13.8. The van der Waals surface area contributed by atoms with E-state index in [4.69, 9.17) is 15.3 Å². The van der Waals surface area contributed by atoms with Gasteiger partial charge in [-0.25, -0.2) is 0 Å². The zero-order valence-corrected chi connectivity index (χ0v) is 9.75. The van der Waals surface area contributed by atoms with Gasteiger partial charge in [0.25, 0.3) is 0 Å². The third kappa shape index (κ3) is 6.32. The molecule has 4 nitrogen and oxygen atoms in total. The molecule has 0 aromatic rings. The summed E-state index contributed by atoms with van der Waals surface area (Å²) in [4.78, 5) is 0. The molecule has 0 aliphatic carbocycles. The normalized spacial score (nSPS) is 15.9. The van der Waals surface area contributed by atoms with Gasteiger partial charge in [0.2, 0.25) is 0 Å². The highest BCUT2D eigenvalue weighted by atomic mass is 16.5. The van der Waals surface area contributed by atoms with Gasteiger partial charge in [-0.3, -0.25) is 11.3 Å². The van der Waals surface area contributed by atoms with E-state index in [1.165, 1.54) is 0 Å². The highest BCUT2D eigenvalue weighted by molar-refractivity contribution is 4.70. The number of ether oxygens (including phenoxy) is 2. The summed E-state index contributed by atoms with van der Waals surface area (Å²) in [5.74, 6) is 5.92. The monoisotopic (exact) mass is 204 g/mol. The van der Waals surface area contributed by atoms with E-state index < -0.39 is 0 Å². The van der Waals surface area contributed by atoms with Gasteiger partial charge in [-0.15, -0.1) is 0 Å². The van der Waals surface area contributed by atoms with Crippen LogP contribution in [0.3, 0.4) is 0 Å². The largest absolute Gasteiger partial charge is 0.385 e. The highest BCUT2D eigenvalue weighted by Crippen LogP contribution is 2.08. The number of rotatable bonds is 8. The number of nitrogens with two attached hydrogens (primary N) is 1. The second kappa shape index (κ2) is 8.17. The maximum atomic E-state index is 5.51. The average molecular weight is 204 g/mol. The minimum Gasteiger partial charge on any atom is -0.385 e. The summed E-state index contributed by atoms with van der Waals surface area (Å²) < 4.78 is 10.5. The fourth-order valence-corrected chi connectivity index (χ4v) is 1.18. The van der Waals surface area contributed by atoms with E-state index in [2.05, 4.69) is 12.3 Å². The standard InChI is InChI=1S/C10H24N2O2/c1-8(2)14-7-10(12-11)9(3)5-6-13-4/h8-10,12H,5-7,11H2,1-4H3. The molecule has 0 fully saturated rings. The first-order chi connectivity index (χ1) is 6.61. The molecular weight excluding hydrogens is 180 g/mol. The minimum absolute atomic E-state index is 0.201. The predicted molar refractivity (Wildman–Crippen MR) is 57.9 cm³/mol. The van der Waals surface area contributed by atoms with Gasteiger partial charge in [0, 0.05) is 19.8 Å². The number of hydrazine groups is 1. The van der Waals surface area contributed by atoms with E-state index in [0.717, 1.165) is 13.0 Å². The zero-order valence-electron chi connectivity index (χ0n) is 9.75. The molecule has 0 aromatic carbocycles. The Balaban J connectivity index is 3.74. The van der Waals surface area contributed by atoms with Crippen molar-refractivity contribution in [1.82, 2.24) is 5.43 Å². The first-order valence-corrected chi connectivity index (χ1v) is 5.18. The molecule has 0 heterocycles. The fourth-order valence-electron chi connectivity index (χ4n) is 1.18.